The lowest BCUT2D eigenvalue weighted by Crippen LogP contribution is -2.37. The molecular weight excluding hydrogens is 292 g/mol. The Morgan fingerprint density at radius 3 is 2.22 bits per heavy atom. The van der Waals surface area contributed by atoms with Crippen LogP contribution in [0.3, 0.4) is 0 Å². The fourth-order valence-electron chi connectivity index (χ4n) is 2.66. The van der Waals surface area contributed by atoms with Crippen LogP contribution in [0.15, 0.2) is 48.9 Å². The second kappa shape index (κ2) is 7.00. The minimum Gasteiger partial charge on any atom is -0.337 e. The number of benzene rings is 1. The largest absolute Gasteiger partial charge is 0.337 e. The number of aromatic nitrogens is 2. The highest BCUT2D eigenvalue weighted by Gasteiger charge is 2.24. The predicted octanol–water partition coefficient (Wildman–Crippen LogP) is 1.46. The zero-order chi connectivity index (χ0) is 16.1. The van der Waals surface area contributed by atoms with Gasteiger partial charge in [-0.25, -0.2) is 4.98 Å². The molecule has 0 unspecified atom stereocenters. The van der Waals surface area contributed by atoms with Gasteiger partial charge in [0.15, 0.2) is 0 Å². The molecule has 1 aromatic heterocycles. The van der Waals surface area contributed by atoms with Crippen molar-refractivity contribution in [3.05, 3.63) is 60.2 Å². The van der Waals surface area contributed by atoms with Crippen LogP contribution in [0.5, 0.6) is 0 Å². The Bertz CT molecular complexity index is 616. The molecule has 1 aliphatic rings. The predicted molar refractivity (Wildman–Crippen MR) is 84.9 cm³/mol. The van der Waals surface area contributed by atoms with Crippen molar-refractivity contribution in [3.8, 4) is 0 Å². The van der Waals surface area contributed by atoms with Gasteiger partial charge in [-0.3, -0.25) is 14.6 Å². The third-order valence-electron chi connectivity index (χ3n) is 3.87. The van der Waals surface area contributed by atoms with E-state index in [4.69, 9.17) is 0 Å². The lowest BCUT2D eigenvalue weighted by Gasteiger charge is -2.22. The number of hydrogen-bond acceptors (Lipinski definition) is 4. The van der Waals surface area contributed by atoms with Crippen molar-refractivity contribution in [1.29, 1.82) is 0 Å². The van der Waals surface area contributed by atoms with Crippen molar-refractivity contribution in [1.82, 2.24) is 19.8 Å². The van der Waals surface area contributed by atoms with E-state index in [-0.39, 0.29) is 11.8 Å². The molecule has 1 fully saturated rings. The van der Waals surface area contributed by atoms with Crippen LogP contribution >= 0.6 is 0 Å². The van der Waals surface area contributed by atoms with Crippen molar-refractivity contribution in [2.75, 3.05) is 26.2 Å². The van der Waals surface area contributed by atoms with Gasteiger partial charge in [0.2, 0.25) is 0 Å². The van der Waals surface area contributed by atoms with E-state index in [0.717, 1.165) is 6.42 Å². The molecule has 0 N–H and O–H groups in total. The molecule has 1 aliphatic heterocycles. The highest BCUT2D eigenvalue weighted by molar-refractivity contribution is 5.94. The molecular formula is C17H18N4O2. The summed E-state index contributed by atoms with van der Waals surface area (Å²) in [7, 11) is 0. The van der Waals surface area contributed by atoms with Gasteiger partial charge in [0, 0.05) is 44.1 Å². The molecule has 0 saturated carbocycles. The SMILES string of the molecule is O=C(c1ccccc1)N1CCCN(C(=O)c2cnccn2)CC1. The Hall–Kier alpha value is -2.76. The maximum atomic E-state index is 12.5. The minimum absolute atomic E-state index is 0.0133. The summed E-state index contributed by atoms with van der Waals surface area (Å²) in [6.07, 6.45) is 5.28. The summed E-state index contributed by atoms with van der Waals surface area (Å²) in [5.74, 6) is -0.119. The molecule has 0 spiro atoms. The summed E-state index contributed by atoms with van der Waals surface area (Å²) in [5, 5.41) is 0. The van der Waals surface area contributed by atoms with Crippen LogP contribution in [-0.2, 0) is 0 Å². The molecule has 3 rings (SSSR count). The molecule has 2 heterocycles. The van der Waals surface area contributed by atoms with Gasteiger partial charge in [0.25, 0.3) is 11.8 Å². The first-order valence-electron chi connectivity index (χ1n) is 7.65. The van der Waals surface area contributed by atoms with Gasteiger partial charge in [-0.2, -0.15) is 0 Å². The summed E-state index contributed by atoms with van der Waals surface area (Å²) in [5.41, 5.74) is 1.02. The van der Waals surface area contributed by atoms with Gasteiger partial charge in [-0.1, -0.05) is 18.2 Å². The van der Waals surface area contributed by atoms with E-state index in [1.807, 2.05) is 30.3 Å². The van der Waals surface area contributed by atoms with Crippen molar-refractivity contribution in [2.45, 2.75) is 6.42 Å². The fourth-order valence-corrected chi connectivity index (χ4v) is 2.66. The third-order valence-corrected chi connectivity index (χ3v) is 3.87. The van der Waals surface area contributed by atoms with Crippen LogP contribution < -0.4 is 0 Å². The number of carbonyl (C=O) groups is 2. The van der Waals surface area contributed by atoms with Crippen LogP contribution in [0.2, 0.25) is 0 Å². The highest BCUT2D eigenvalue weighted by atomic mass is 16.2. The second-order valence-electron chi connectivity index (χ2n) is 5.39. The Kier molecular flexibility index (Phi) is 4.61. The van der Waals surface area contributed by atoms with E-state index in [0.29, 0.717) is 37.4 Å². The normalized spacial score (nSPS) is 15.1. The third kappa shape index (κ3) is 3.53. The molecule has 2 aromatic rings. The molecule has 0 aliphatic carbocycles. The van der Waals surface area contributed by atoms with Gasteiger partial charge in [-0.05, 0) is 18.6 Å². The minimum atomic E-state index is -0.132. The first-order chi connectivity index (χ1) is 11.3. The van der Waals surface area contributed by atoms with Gasteiger partial charge in [-0.15, -0.1) is 0 Å². The van der Waals surface area contributed by atoms with Gasteiger partial charge in [0.1, 0.15) is 5.69 Å². The maximum absolute atomic E-state index is 12.5. The smallest absolute Gasteiger partial charge is 0.274 e. The number of rotatable bonds is 2. The molecule has 0 atom stereocenters. The van der Waals surface area contributed by atoms with Gasteiger partial charge >= 0.3 is 0 Å². The summed E-state index contributed by atoms with van der Waals surface area (Å²) in [6.45, 7) is 2.31. The van der Waals surface area contributed by atoms with E-state index < -0.39 is 0 Å². The van der Waals surface area contributed by atoms with E-state index in [1.165, 1.54) is 12.4 Å². The molecule has 6 nitrogen and oxygen atoms in total. The Morgan fingerprint density at radius 1 is 0.870 bits per heavy atom. The quantitative estimate of drug-likeness (QED) is 0.842. The second-order valence-corrected chi connectivity index (χ2v) is 5.39. The number of amides is 2. The molecule has 6 heteroatoms. The molecule has 2 amide bonds. The molecule has 118 valence electrons. The van der Waals surface area contributed by atoms with E-state index in [1.54, 1.807) is 16.0 Å². The lowest BCUT2D eigenvalue weighted by molar-refractivity contribution is 0.0715. The van der Waals surface area contributed by atoms with Crippen LogP contribution in [0, 0.1) is 0 Å². The average molecular weight is 310 g/mol. The van der Waals surface area contributed by atoms with Crippen LogP contribution in [0.25, 0.3) is 0 Å². The standard InChI is InChI=1S/C17H18N4O2/c22-16(14-5-2-1-3-6-14)20-9-4-10-21(12-11-20)17(23)15-13-18-7-8-19-15/h1-3,5-8,13H,4,9-12H2. The molecule has 1 saturated heterocycles. The van der Waals surface area contributed by atoms with Crippen molar-refractivity contribution in [3.63, 3.8) is 0 Å². The Morgan fingerprint density at radius 2 is 1.57 bits per heavy atom. The van der Waals surface area contributed by atoms with E-state index in [9.17, 15) is 9.59 Å². The number of carbonyl (C=O) groups excluding carboxylic acids is 2. The average Bonchev–Trinajstić information content (AvgIpc) is 2.88. The van der Waals surface area contributed by atoms with Gasteiger partial charge in [0.05, 0.1) is 6.20 Å². The summed E-state index contributed by atoms with van der Waals surface area (Å²) in [6, 6.07) is 9.23. The topological polar surface area (TPSA) is 66.4 Å². The van der Waals surface area contributed by atoms with E-state index >= 15 is 0 Å². The fraction of sp³-hybridized carbons (Fsp3) is 0.294. The zero-order valence-corrected chi connectivity index (χ0v) is 12.8. The van der Waals surface area contributed by atoms with Gasteiger partial charge < -0.3 is 9.80 Å². The summed E-state index contributed by atoms with van der Waals surface area (Å²) in [4.78, 5) is 36.4. The van der Waals surface area contributed by atoms with Crippen LogP contribution in [-0.4, -0.2) is 57.8 Å². The lowest BCUT2D eigenvalue weighted by atomic mass is 10.2. The van der Waals surface area contributed by atoms with Crippen LogP contribution in [0.4, 0.5) is 0 Å². The summed E-state index contributed by atoms with van der Waals surface area (Å²) >= 11 is 0. The van der Waals surface area contributed by atoms with Crippen molar-refractivity contribution in [2.24, 2.45) is 0 Å². The maximum Gasteiger partial charge on any atom is 0.274 e. The Labute approximate surface area is 134 Å². The molecule has 23 heavy (non-hydrogen) atoms. The molecule has 0 bridgehead atoms. The van der Waals surface area contributed by atoms with E-state index in [2.05, 4.69) is 9.97 Å². The first kappa shape index (κ1) is 15.1. The summed E-state index contributed by atoms with van der Waals surface area (Å²) < 4.78 is 0. The number of hydrogen-bond donors (Lipinski definition) is 0. The zero-order valence-electron chi connectivity index (χ0n) is 12.8. The highest BCUT2D eigenvalue weighted by Crippen LogP contribution is 2.11. The number of nitrogens with zero attached hydrogens (tertiary/aromatic N) is 4. The van der Waals surface area contributed by atoms with Crippen molar-refractivity contribution < 1.29 is 9.59 Å². The van der Waals surface area contributed by atoms with Crippen LogP contribution in [0.1, 0.15) is 27.3 Å². The van der Waals surface area contributed by atoms with Crippen molar-refractivity contribution >= 4 is 11.8 Å². The monoisotopic (exact) mass is 310 g/mol. The first-order valence-corrected chi connectivity index (χ1v) is 7.65. The Balaban J connectivity index is 1.66. The molecule has 0 radical (unpaired) electrons. The molecule has 1 aromatic carbocycles.